The van der Waals surface area contributed by atoms with Crippen LogP contribution < -0.4 is 5.32 Å². The highest BCUT2D eigenvalue weighted by Crippen LogP contribution is 2.32. The fraction of sp³-hybridized carbons (Fsp3) is 0.333. The highest BCUT2D eigenvalue weighted by Gasteiger charge is 2.24. The van der Waals surface area contributed by atoms with Crippen LogP contribution in [0.3, 0.4) is 0 Å². The van der Waals surface area contributed by atoms with Gasteiger partial charge in [0.25, 0.3) is 0 Å². The minimum Gasteiger partial charge on any atom is -0.508 e. The van der Waals surface area contributed by atoms with E-state index in [4.69, 9.17) is 5.11 Å². The van der Waals surface area contributed by atoms with E-state index < -0.39 is 12.0 Å². The number of nitrogens with one attached hydrogen (secondary N) is 1. The number of hydrogen-bond acceptors (Lipinski definition) is 6. The molecular formula is C12H14N2O3S2. The minimum absolute atomic E-state index is 0.214. The molecular weight excluding hydrogens is 284 g/mol. The molecule has 1 unspecified atom stereocenters. The van der Waals surface area contributed by atoms with Gasteiger partial charge in [0.05, 0.1) is 5.04 Å². The summed E-state index contributed by atoms with van der Waals surface area (Å²) in [6, 6.07) is 4.50. The topological polar surface area (TPSA) is 81.9 Å². The molecule has 0 bridgehead atoms. The van der Waals surface area contributed by atoms with Crippen LogP contribution in [0.25, 0.3) is 0 Å². The summed E-state index contributed by atoms with van der Waals surface area (Å²) in [7, 11) is 1.82. The lowest BCUT2D eigenvalue weighted by atomic mass is 10.3. The molecule has 19 heavy (non-hydrogen) atoms. The summed E-state index contributed by atoms with van der Waals surface area (Å²) in [6.07, 6.45) is 0. The summed E-state index contributed by atoms with van der Waals surface area (Å²) in [4.78, 5) is 15.9. The van der Waals surface area contributed by atoms with Crippen molar-refractivity contribution >= 4 is 40.2 Å². The van der Waals surface area contributed by atoms with Crippen molar-refractivity contribution in [3.8, 4) is 5.75 Å². The van der Waals surface area contributed by atoms with E-state index in [0.717, 1.165) is 15.6 Å². The van der Waals surface area contributed by atoms with Crippen LogP contribution in [0, 0.1) is 0 Å². The number of hydrogen-bond donors (Lipinski definition) is 3. The number of benzene rings is 1. The van der Waals surface area contributed by atoms with Crippen LogP contribution in [0.4, 0.5) is 5.69 Å². The maximum atomic E-state index is 10.8. The molecule has 0 aromatic heterocycles. The third kappa shape index (κ3) is 3.57. The van der Waals surface area contributed by atoms with E-state index in [-0.39, 0.29) is 5.75 Å². The molecule has 1 aromatic rings. The number of anilines is 1. The largest absolute Gasteiger partial charge is 0.508 e. The van der Waals surface area contributed by atoms with Crippen LogP contribution in [0.2, 0.25) is 0 Å². The van der Waals surface area contributed by atoms with E-state index in [0.29, 0.717) is 11.5 Å². The number of rotatable bonds is 5. The summed E-state index contributed by atoms with van der Waals surface area (Å²) >= 11 is 3.01. The quantitative estimate of drug-likeness (QED) is 0.570. The second-order valence-corrected chi connectivity index (χ2v) is 6.02. The molecule has 0 spiro atoms. The van der Waals surface area contributed by atoms with E-state index in [2.05, 4.69) is 10.3 Å². The van der Waals surface area contributed by atoms with Gasteiger partial charge in [-0.2, -0.15) is 0 Å². The smallest absolute Gasteiger partial charge is 0.329 e. The molecule has 2 rings (SSSR count). The first-order valence-corrected chi connectivity index (χ1v) is 7.63. The molecule has 1 heterocycles. The van der Waals surface area contributed by atoms with E-state index >= 15 is 0 Å². The molecule has 1 aliphatic rings. The van der Waals surface area contributed by atoms with Gasteiger partial charge in [-0.3, -0.25) is 4.99 Å². The van der Waals surface area contributed by atoms with Crippen LogP contribution in [-0.4, -0.2) is 45.8 Å². The number of phenols is 1. The predicted molar refractivity (Wildman–Crippen MR) is 79.7 cm³/mol. The highest BCUT2D eigenvalue weighted by atomic mass is 32.2. The summed E-state index contributed by atoms with van der Waals surface area (Å²) < 4.78 is 0. The molecule has 3 N–H and O–H groups in total. The van der Waals surface area contributed by atoms with Crippen molar-refractivity contribution in [2.45, 2.75) is 10.9 Å². The minimum atomic E-state index is -0.874. The van der Waals surface area contributed by atoms with E-state index in [1.165, 1.54) is 23.5 Å². The molecule has 0 aliphatic carbocycles. The molecule has 0 radical (unpaired) electrons. The Bertz CT molecular complexity index is 520. The Morgan fingerprint density at radius 3 is 3.05 bits per heavy atom. The first-order chi connectivity index (χ1) is 9.10. The van der Waals surface area contributed by atoms with Gasteiger partial charge in [0.2, 0.25) is 0 Å². The first-order valence-electron chi connectivity index (χ1n) is 5.66. The molecule has 102 valence electrons. The third-order valence-corrected chi connectivity index (χ3v) is 4.89. The van der Waals surface area contributed by atoms with Crippen molar-refractivity contribution in [2.24, 2.45) is 4.99 Å². The van der Waals surface area contributed by atoms with Gasteiger partial charge >= 0.3 is 5.97 Å². The standard InChI is InChI=1S/C12H14N2O3S2/c1-13-8-3-2-7(15)4-10(8)18-6-11-14-9(5-19-11)12(16)17/h2-4,9,13,15H,5-6H2,1H3,(H,16,17). The van der Waals surface area contributed by atoms with Crippen LogP contribution in [-0.2, 0) is 4.79 Å². The number of carboxylic acids is 1. The van der Waals surface area contributed by atoms with E-state index in [9.17, 15) is 9.90 Å². The Morgan fingerprint density at radius 2 is 2.42 bits per heavy atom. The van der Waals surface area contributed by atoms with Gasteiger partial charge in [0, 0.05) is 29.1 Å². The lowest BCUT2D eigenvalue weighted by molar-refractivity contribution is -0.137. The Kier molecular flexibility index (Phi) is 4.60. The molecule has 1 aromatic carbocycles. The van der Waals surface area contributed by atoms with Crippen molar-refractivity contribution in [1.82, 2.24) is 0 Å². The second kappa shape index (κ2) is 6.21. The first kappa shape index (κ1) is 14.1. The molecule has 0 amide bonds. The average Bonchev–Trinajstić information content (AvgIpc) is 2.85. The number of phenolic OH excluding ortho intramolecular Hbond substituents is 1. The van der Waals surface area contributed by atoms with Crippen molar-refractivity contribution in [3.05, 3.63) is 18.2 Å². The predicted octanol–water partition coefficient (Wildman–Crippen LogP) is 2.12. The second-order valence-electron chi connectivity index (χ2n) is 3.91. The van der Waals surface area contributed by atoms with Gasteiger partial charge in [0.1, 0.15) is 5.75 Å². The molecule has 0 saturated heterocycles. The van der Waals surface area contributed by atoms with E-state index in [1.54, 1.807) is 18.2 Å². The molecule has 0 saturated carbocycles. The van der Waals surface area contributed by atoms with Crippen LogP contribution in [0.15, 0.2) is 28.1 Å². The lowest BCUT2D eigenvalue weighted by Crippen LogP contribution is -2.17. The Morgan fingerprint density at radius 1 is 1.63 bits per heavy atom. The molecule has 1 atom stereocenters. The zero-order valence-electron chi connectivity index (χ0n) is 10.3. The normalized spacial score (nSPS) is 18.2. The maximum Gasteiger partial charge on any atom is 0.329 e. The number of aromatic hydroxyl groups is 1. The SMILES string of the molecule is CNc1ccc(O)cc1SCC1=NC(C(=O)O)CS1. The molecule has 0 fully saturated rings. The van der Waals surface area contributed by atoms with Gasteiger partial charge in [-0.1, -0.05) is 0 Å². The monoisotopic (exact) mass is 298 g/mol. The van der Waals surface area contributed by atoms with E-state index in [1.807, 2.05) is 7.05 Å². The highest BCUT2D eigenvalue weighted by molar-refractivity contribution is 8.16. The number of nitrogens with zero attached hydrogens (tertiary/aromatic N) is 1. The Labute approximate surface area is 119 Å². The van der Waals surface area contributed by atoms with Crippen LogP contribution >= 0.6 is 23.5 Å². The van der Waals surface area contributed by atoms with Gasteiger partial charge in [-0.15, -0.1) is 23.5 Å². The molecule has 1 aliphatic heterocycles. The van der Waals surface area contributed by atoms with Crippen LogP contribution in [0.5, 0.6) is 5.75 Å². The number of aliphatic carboxylic acids is 1. The van der Waals surface area contributed by atoms with Crippen molar-refractivity contribution in [2.75, 3.05) is 23.9 Å². The summed E-state index contributed by atoms with van der Waals surface area (Å²) in [6.45, 7) is 0. The zero-order chi connectivity index (χ0) is 13.8. The lowest BCUT2D eigenvalue weighted by Gasteiger charge is -2.08. The maximum absolute atomic E-state index is 10.8. The van der Waals surface area contributed by atoms with Crippen LogP contribution in [0.1, 0.15) is 0 Å². The summed E-state index contributed by atoms with van der Waals surface area (Å²) in [5.74, 6) is 0.461. The Hall–Kier alpha value is -1.34. The average molecular weight is 298 g/mol. The fourth-order valence-corrected chi connectivity index (χ4v) is 3.77. The summed E-state index contributed by atoms with van der Waals surface area (Å²) in [5, 5.41) is 22.2. The zero-order valence-corrected chi connectivity index (χ0v) is 11.9. The number of thioether (sulfide) groups is 2. The molecule has 7 heteroatoms. The van der Waals surface area contributed by atoms with Crippen molar-refractivity contribution in [1.29, 1.82) is 0 Å². The van der Waals surface area contributed by atoms with Gasteiger partial charge in [-0.05, 0) is 18.2 Å². The molecule has 5 nitrogen and oxygen atoms in total. The van der Waals surface area contributed by atoms with Crippen molar-refractivity contribution < 1.29 is 15.0 Å². The van der Waals surface area contributed by atoms with Gasteiger partial charge in [0.15, 0.2) is 6.04 Å². The fourth-order valence-electron chi connectivity index (χ4n) is 1.61. The Balaban J connectivity index is 2.01. The number of carbonyl (C=O) groups is 1. The van der Waals surface area contributed by atoms with Gasteiger partial charge in [-0.25, -0.2) is 4.79 Å². The van der Waals surface area contributed by atoms with Crippen molar-refractivity contribution in [3.63, 3.8) is 0 Å². The summed E-state index contributed by atoms with van der Waals surface area (Å²) in [5.41, 5.74) is 0.932. The number of aliphatic imine (C=N–C) groups is 1. The number of carboxylic acid groups (broad SMARTS) is 1. The third-order valence-electron chi connectivity index (χ3n) is 2.58. The van der Waals surface area contributed by atoms with Gasteiger partial charge < -0.3 is 15.5 Å².